The Bertz CT molecular complexity index is 962. The molecule has 8 nitrogen and oxygen atoms in total. The zero-order valence-corrected chi connectivity index (χ0v) is 15.5. The normalized spacial score (nSPS) is 17.6. The molecule has 1 fully saturated rings. The van der Waals surface area contributed by atoms with Crippen LogP contribution >= 0.6 is 0 Å². The summed E-state index contributed by atoms with van der Waals surface area (Å²) in [6.45, 7) is 2.31. The van der Waals surface area contributed by atoms with E-state index in [1.807, 2.05) is 10.6 Å². The van der Waals surface area contributed by atoms with Gasteiger partial charge in [-0.05, 0) is 49.8 Å². The first-order chi connectivity index (χ1) is 13.3. The number of anilines is 1. The van der Waals surface area contributed by atoms with Crippen molar-refractivity contribution in [3.05, 3.63) is 41.2 Å². The van der Waals surface area contributed by atoms with Gasteiger partial charge in [-0.25, -0.2) is 9.97 Å². The van der Waals surface area contributed by atoms with Gasteiger partial charge in [-0.3, -0.25) is 0 Å². The number of hydrogen-bond acceptors (Lipinski definition) is 7. The van der Waals surface area contributed by atoms with Crippen molar-refractivity contribution < 1.29 is 4.74 Å². The van der Waals surface area contributed by atoms with Gasteiger partial charge in [-0.1, -0.05) is 0 Å². The third-order valence-corrected chi connectivity index (χ3v) is 5.59. The molecular weight excluding hydrogens is 342 g/mol. The average Bonchev–Trinajstić information content (AvgIpc) is 3.33. The highest BCUT2D eigenvalue weighted by atomic mass is 16.5. The van der Waals surface area contributed by atoms with Crippen LogP contribution in [-0.4, -0.2) is 50.0 Å². The monoisotopic (exact) mass is 365 g/mol. The van der Waals surface area contributed by atoms with Crippen molar-refractivity contribution >= 4 is 11.5 Å². The average molecular weight is 365 g/mol. The van der Waals surface area contributed by atoms with E-state index in [1.54, 1.807) is 13.3 Å². The molecule has 3 aromatic heterocycles. The molecule has 2 aliphatic rings. The lowest BCUT2D eigenvalue weighted by Crippen LogP contribution is -2.34. The van der Waals surface area contributed by atoms with Gasteiger partial charge in [0, 0.05) is 32.3 Å². The minimum absolute atomic E-state index is 0.378. The van der Waals surface area contributed by atoms with Gasteiger partial charge in [-0.2, -0.15) is 9.61 Å². The number of methoxy groups -OCH3 is 1. The molecule has 1 aliphatic carbocycles. The Hall–Kier alpha value is -2.61. The van der Waals surface area contributed by atoms with Crippen LogP contribution in [0.4, 0.5) is 5.82 Å². The topological polar surface area (TPSA) is 81.3 Å². The number of fused-ring (bicyclic) bond motifs is 2. The van der Waals surface area contributed by atoms with Crippen LogP contribution in [0.3, 0.4) is 0 Å². The molecule has 1 aliphatic heterocycles. The molecule has 27 heavy (non-hydrogen) atoms. The van der Waals surface area contributed by atoms with Gasteiger partial charge in [-0.15, -0.1) is 10.2 Å². The van der Waals surface area contributed by atoms with Crippen LogP contribution in [0.1, 0.15) is 48.1 Å². The first-order valence-corrected chi connectivity index (χ1v) is 9.62. The van der Waals surface area contributed by atoms with Gasteiger partial charge in [0.25, 0.3) is 0 Å². The van der Waals surface area contributed by atoms with Crippen molar-refractivity contribution in [1.29, 1.82) is 0 Å². The van der Waals surface area contributed by atoms with Gasteiger partial charge in [0.15, 0.2) is 17.3 Å². The molecule has 8 heteroatoms. The fourth-order valence-electron chi connectivity index (χ4n) is 4.18. The Morgan fingerprint density at radius 3 is 2.93 bits per heavy atom. The first kappa shape index (κ1) is 16.6. The highest BCUT2D eigenvalue weighted by molar-refractivity contribution is 5.43. The number of hydrogen-bond donors (Lipinski definition) is 0. The Balaban J connectivity index is 1.33. The van der Waals surface area contributed by atoms with Crippen molar-refractivity contribution in [2.45, 2.75) is 44.6 Å². The lowest BCUT2D eigenvalue weighted by Gasteiger charge is -2.32. The van der Waals surface area contributed by atoms with E-state index in [0.29, 0.717) is 12.5 Å². The van der Waals surface area contributed by atoms with Crippen LogP contribution in [0.5, 0.6) is 0 Å². The Morgan fingerprint density at radius 1 is 1.19 bits per heavy atom. The van der Waals surface area contributed by atoms with E-state index < -0.39 is 0 Å². The molecule has 0 unspecified atom stereocenters. The summed E-state index contributed by atoms with van der Waals surface area (Å²) in [5.41, 5.74) is 3.44. The lowest BCUT2D eigenvalue weighted by atomic mass is 9.96. The Labute approximate surface area is 157 Å². The van der Waals surface area contributed by atoms with Crippen LogP contribution in [-0.2, 0) is 24.2 Å². The number of piperidine rings is 1. The summed E-state index contributed by atoms with van der Waals surface area (Å²) in [5.74, 6) is 3.07. The molecule has 0 amide bonds. The summed E-state index contributed by atoms with van der Waals surface area (Å²) in [5, 5.41) is 13.7. The maximum atomic E-state index is 5.14. The first-order valence-electron chi connectivity index (χ1n) is 9.62. The quantitative estimate of drug-likeness (QED) is 0.699. The SMILES string of the molecule is COCc1nccc(N2CCC(c3nnc4cc5c(nn34)CCC5)CC2)n1. The summed E-state index contributed by atoms with van der Waals surface area (Å²) >= 11 is 0. The van der Waals surface area contributed by atoms with E-state index >= 15 is 0 Å². The van der Waals surface area contributed by atoms with Crippen LogP contribution in [0, 0.1) is 0 Å². The van der Waals surface area contributed by atoms with Crippen LogP contribution in [0.2, 0.25) is 0 Å². The second-order valence-electron chi connectivity index (χ2n) is 7.32. The van der Waals surface area contributed by atoms with E-state index in [9.17, 15) is 0 Å². The van der Waals surface area contributed by atoms with Gasteiger partial charge >= 0.3 is 0 Å². The molecule has 0 aromatic carbocycles. The predicted molar refractivity (Wildman–Crippen MR) is 99.7 cm³/mol. The Kier molecular flexibility index (Phi) is 4.20. The van der Waals surface area contributed by atoms with Crippen molar-refractivity contribution in [3.63, 3.8) is 0 Å². The largest absolute Gasteiger partial charge is 0.377 e. The summed E-state index contributed by atoms with van der Waals surface area (Å²) in [4.78, 5) is 11.2. The standard InChI is InChI=1S/C19H23N7O/c1-27-12-16-20-8-5-17(21-16)25-9-6-13(7-10-25)19-23-22-18-11-14-3-2-4-15(14)24-26(18)19/h5,8,11,13H,2-4,6-7,9-10,12H2,1H3. The second-order valence-corrected chi connectivity index (χ2v) is 7.32. The molecule has 140 valence electrons. The smallest absolute Gasteiger partial charge is 0.178 e. The van der Waals surface area contributed by atoms with Crippen LogP contribution in [0.25, 0.3) is 5.65 Å². The van der Waals surface area contributed by atoms with Gasteiger partial charge in [0.05, 0.1) is 5.69 Å². The van der Waals surface area contributed by atoms with Crippen molar-refractivity contribution in [2.24, 2.45) is 0 Å². The van der Waals surface area contributed by atoms with E-state index in [2.05, 4.69) is 31.1 Å². The molecule has 5 rings (SSSR count). The number of nitrogens with zero attached hydrogens (tertiary/aromatic N) is 7. The number of aromatic nitrogens is 6. The fraction of sp³-hybridized carbons (Fsp3) is 0.526. The zero-order chi connectivity index (χ0) is 18.2. The van der Waals surface area contributed by atoms with E-state index in [-0.39, 0.29) is 0 Å². The van der Waals surface area contributed by atoms with Gasteiger partial charge in [0.2, 0.25) is 0 Å². The number of ether oxygens (including phenoxy) is 1. The van der Waals surface area contributed by atoms with E-state index in [1.165, 1.54) is 17.7 Å². The molecule has 0 radical (unpaired) electrons. The molecular formula is C19H23N7O. The molecule has 4 heterocycles. The summed E-state index contributed by atoms with van der Waals surface area (Å²) < 4.78 is 7.12. The predicted octanol–water partition coefficient (Wildman–Crippen LogP) is 1.93. The number of rotatable bonds is 4. The van der Waals surface area contributed by atoms with Crippen molar-refractivity contribution in [1.82, 2.24) is 29.8 Å². The summed E-state index contributed by atoms with van der Waals surface area (Å²) in [7, 11) is 1.66. The molecule has 0 N–H and O–H groups in total. The minimum atomic E-state index is 0.378. The highest BCUT2D eigenvalue weighted by Gasteiger charge is 2.27. The summed E-state index contributed by atoms with van der Waals surface area (Å²) in [6.07, 6.45) is 7.22. The van der Waals surface area contributed by atoms with E-state index in [4.69, 9.17) is 9.84 Å². The summed E-state index contributed by atoms with van der Waals surface area (Å²) in [6, 6.07) is 4.13. The Morgan fingerprint density at radius 2 is 2.07 bits per heavy atom. The molecule has 0 atom stereocenters. The maximum Gasteiger partial charge on any atom is 0.178 e. The van der Waals surface area contributed by atoms with E-state index in [0.717, 1.165) is 61.9 Å². The van der Waals surface area contributed by atoms with Crippen LogP contribution in [0.15, 0.2) is 18.3 Å². The van der Waals surface area contributed by atoms with Crippen molar-refractivity contribution in [3.8, 4) is 0 Å². The molecule has 0 saturated carbocycles. The minimum Gasteiger partial charge on any atom is -0.377 e. The third-order valence-electron chi connectivity index (χ3n) is 5.59. The zero-order valence-electron chi connectivity index (χ0n) is 15.5. The number of aryl methyl sites for hydroxylation is 2. The second kappa shape index (κ2) is 6.84. The van der Waals surface area contributed by atoms with Gasteiger partial charge < -0.3 is 9.64 Å². The third kappa shape index (κ3) is 3.03. The molecule has 0 spiro atoms. The molecule has 1 saturated heterocycles. The van der Waals surface area contributed by atoms with Crippen LogP contribution < -0.4 is 4.90 Å². The van der Waals surface area contributed by atoms with Gasteiger partial charge in [0.1, 0.15) is 12.4 Å². The fourth-order valence-corrected chi connectivity index (χ4v) is 4.18. The molecule has 3 aromatic rings. The van der Waals surface area contributed by atoms with Crippen molar-refractivity contribution in [2.75, 3.05) is 25.1 Å². The molecule has 0 bridgehead atoms. The lowest BCUT2D eigenvalue weighted by molar-refractivity contribution is 0.178. The highest BCUT2D eigenvalue weighted by Crippen LogP contribution is 2.30. The maximum absolute atomic E-state index is 5.14.